The van der Waals surface area contributed by atoms with E-state index in [2.05, 4.69) is 60.8 Å². The number of aryl methyl sites for hydroxylation is 1. The second-order valence-electron chi connectivity index (χ2n) is 5.09. The highest BCUT2D eigenvalue weighted by Gasteiger charge is 2.16. The average molecular weight is 237 g/mol. The third-order valence-corrected chi connectivity index (χ3v) is 3.81. The van der Waals surface area contributed by atoms with Crippen molar-refractivity contribution in [2.45, 2.75) is 25.8 Å². The number of benzene rings is 2. The second kappa shape index (κ2) is 4.95. The quantitative estimate of drug-likeness (QED) is 0.829. The van der Waals surface area contributed by atoms with E-state index in [1.807, 2.05) is 0 Å². The van der Waals surface area contributed by atoms with Crippen LogP contribution in [-0.4, -0.2) is 6.54 Å². The molecule has 2 aromatic rings. The fraction of sp³-hybridized carbons (Fsp3) is 0.294. The molecule has 0 amide bonds. The van der Waals surface area contributed by atoms with E-state index >= 15 is 0 Å². The minimum Gasteiger partial charge on any atom is -0.310 e. The van der Waals surface area contributed by atoms with Gasteiger partial charge >= 0.3 is 0 Å². The standard InChI is InChI=1S/C17H19N/c1-13-9-10-15(17-8-5-11-18-17)12-16(13)14-6-3-2-4-7-14/h2-4,6-7,9-10,12,17-18H,5,8,11H2,1H3. The Balaban J connectivity index is 2.01. The predicted molar refractivity (Wildman–Crippen MR) is 76.6 cm³/mol. The zero-order valence-electron chi connectivity index (χ0n) is 10.8. The predicted octanol–water partition coefficient (Wildman–Crippen LogP) is 4.09. The summed E-state index contributed by atoms with van der Waals surface area (Å²) in [4.78, 5) is 0. The van der Waals surface area contributed by atoms with Crippen LogP contribution < -0.4 is 5.32 Å². The van der Waals surface area contributed by atoms with Gasteiger partial charge in [0.05, 0.1) is 0 Å². The highest BCUT2D eigenvalue weighted by Crippen LogP contribution is 2.29. The number of hydrogen-bond acceptors (Lipinski definition) is 1. The maximum atomic E-state index is 3.57. The molecule has 3 rings (SSSR count). The summed E-state index contributed by atoms with van der Waals surface area (Å²) < 4.78 is 0. The Morgan fingerprint density at radius 3 is 2.61 bits per heavy atom. The monoisotopic (exact) mass is 237 g/mol. The molecule has 0 radical (unpaired) electrons. The third kappa shape index (κ3) is 2.19. The molecule has 0 aliphatic carbocycles. The van der Waals surface area contributed by atoms with Gasteiger partial charge in [-0.3, -0.25) is 0 Å². The maximum absolute atomic E-state index is 3.57. The summed E-state index contributed by atoms with van der Waals surface area (Å²) >= 11 is 0. The highest BCUT2D eigenvalue weighted by atomic mass is 14.9. The van der Waals surface area contributed by atoms with Crippen molar-refractivity contribution in [3.05, 3.63) is 59.7 Å². The second-order valence-corrected chi connectivity index (χ2v) is 5.09. The first kappa shape index (κ1) is 11.5. The maximum Gasteiger partial charge on any atom is 0.0320 e. The van der Waals surface area contributed by atoms with E-state index in [0.29, 0.717) is 6.04 Å². The highest BCUT2D eigenvalue weighted by molar-refractivity contribution is 5.68. The van der Waals surface area contributed by atoms with Gasteiger partial charge in [0.1, 0.15) is 0 Å². The molecule has 1 fully saturated rings. The molecular formula is C17H19N. The van der Waals surface area contributed by atoms with Crippen LogP contribution in [0.2, 0.25) is 0 Å². The van der Waals surface area contributed by atoms with Gasteiger partial charge in [-0.05, 0) is 54.6 Å². The van der Waals surface area contributed by atoms with Gasteiger partial charge in [0.2, 0.25) is 0 Å². The molecular weight excluding hydrogens is 218 g/mol. The fourth-order valence-electron chi connectivity index (χ4n) is 2.75. The first-order valence-electron chi connectivity index (χ1n) is 6.74. The van der Waals surface area contributed by atoms with Crippen LogP contribution in [0.5, 0.6) is 0 Å². The van der Waals surface area contributed by atoms with E-state index in [4.69, 9.17) is 0 Å². The van der Waals surface area contributed by atoms with E-state index < -0.39 is 0 Å². The summed E-state index contributed by atoms with van der Waals surface area (Å²) in [5.41, 5.74) is 5.46. The van der Waals surface area contributed by atoms with E-state index in [-0.39, 0.29) is 0 Å². The Morgan fingerprint density at radius 2 is 1.89 bits per heavy atom. The molecule has 1 saturated heterocycles. The molecule has 1 heterocycles. The Bertz CT molecular complexity index is 525. The van der Waals surface area contributed by atoms with Crippen molar-refractivity contribution in [3.8, 4) is 11.1 Å². The van der Waals surface area contributed by atoms with Gasteiger partial charge in [0.25, 0.3) is 0 Å². The summed E-state index contributed by atoms with van der Waals surface area (Å²) in [7, 11) is 0. The lowest BCUT2D eigenvalue weighted by molar-refractivity contribution is 0.648. The topological polar surface area (TPSA) is 12.0 Å². The third-order valence-electron chi connectivity index (χ3n) is 3.81. The van der Waals surface area contributed by atoms with E-state index in [1.54, 1.807) is 0 Å². The van der Waals surface area contributed by atoms with Gasteiger partial charge in [-0.25, -0.2) is 0 Å². The van der Waals surface area contributed by atoms with E-state index in [0.717, 1.165) is 6.54 Å². The first-order valence-corrected chi connectivity index (χ1v) is 6.74. The average Bonchev–Trinajstić information content (AvgIpc) is 2.94. The van der Waals surface area contributed by atoms with Gasteiger partial charge in [0.15, 0.2) is 0 Å². The summed E-state index contributed by atoms with van der Waals surface area (Å²) in [6, 6.07) is 18.1. The van der Waals surface area contributed by atoms with Gasteiger partial charge in [0, 0.05) is 6.04 Å². The van der Waals surface area contributed by atoms with Gasteiger partial charge in [-0.15, -0.1) is 0 Å². The van der Waals surface area contributed by atoms with Crippen LogP contribution in [0.25, 0.3) is 11.1 Å². The van der Waals surface area contributed by atoms with Crippen LogP contribution in [0.3, 0.4) is 0 Å². The molecule has 1 unspecified atom stereocenters. The zero-order chi connectivity index (χ0) is 12.4. The van der Waals surface area contributed by atoms with Crippen LogP contribution in [0, 0.1) is 6.92 Å². The first-order chi connectivity index (χ1) is 8.84. The molecule has 1 atom stereocenters. The van der Waals surface area contributed by atoms with Crippen molar-refractivity contribution in [1.29, 1.82) is 0 Å². The Morgan fingerprint density at radius 1 is 1.06 bits per heavy atom. The molecule has 1 heteroatoms. The van der Waals surface area contributed by atoms with Crippen molar-refractivity contribution in [1.82, 2.24) is 5.32 Å². The largest absolute Gasteiger partial charge is 0.310 e. The van der Waals surface area contributed by atoms with E-state index in [9.17, 15) is 0 Å². The molecule has 1 aliphatic rings. The summed E-state index contributed by atoms with van der Waals surface area (Å²) in [5.74, 6) is 0. The fourth-order valence-corrected chi connectivity index (χ4v) is 2.75. The summed E-state index contributed by atoms with van der Waals surface area (Å²) in [6.07, 6.45) is 2.55. The smallest absolute Gasteiger partial charge is 0.0320 e. The summed E-state index contributed by atoms with van der Waals surface area (Å²) in [5, 5.41) is 3.57. The number of hydrogen-bond donors (Lipinski definition) is 1. The Kier molecular flexibility index (Phi) is 3.16. The molecule has 1 N–H and O–H groups in total. The van der Waals surface area contributed by atoms with Crippen molar-refractivity contribution < 1.29 is 0 Å². The van der Waals surface area contributed by atoms with Crippen LogP contribution in [0.15, 0.2) is 48.5 Å². The lowest BCUT2D eigenvalue weighted by Crippen LogP contribution is -2.12. The molecule has 2 aromatic carbocycles. The molecule has 0 spiro atoms. The lowest BCUT2D eigenvalue weighted by Gasteiger charge is -2.14. The molecule has 0 saturated carbocycles. The van der Waals surface area contributed by atoms with Crippen molar-refractivity contribution >= 4 is 0 Å². The molecule has 18 heavy (non-hydrogen) atoms. The number of rotatable bonds is 2. The molecule has 1 aliphatic heterocycles. The normalized spacial score (nSPS) is 19.1. The van der Waals surface area contributed by atoms with Crippen LogP contribution in [0.4, 0.5) is 0 Å². The summed E-state index contributed by atoms with van der Waals surface area (Å²) in [6.45, 7) is 3.34. The minimum atomic E-state index is 0.549. The van der Waals surface area contributed by atoms with Crippen molar-refractivity contribution in [2.75, 3.05) is 6.54 Å². The van der Waals surface area contributed by atoms with Crippen molar-refractivity contribution in [3.63, 3.8) is 0 Å². The molecule has 1 nitrogen and oxygen atoms in total. The Labute approximate surface area is 109 Å². The van der Waals surface area contributed by atoms with Gasteiger partial charge in [-0.2, -0.15) is 0 Å². The molecule has 92 valence electrons. The SMILES string of the molecule is Cc1ccc(C2CCCN2)cc1-c1ccccc1. The van der Waals surface area contributed by atoms with Gasteiger partial charge in [-0.1, -0.05) is 42.5 Å². The van der Waals surface area contributed by atoms with Crippen molar-refractivity contribution in [2.24, 2.45) is 0 Å². The molecule has 0 aromatic heterocycles. The minimum absolute atomic E-state index is 0.549. The number of nitrogens with one attached hydrogen (secondary N) is 1. The van der Waals surface area contributed by atoms with Crippen LogP contribution in [0.1, 0.15) is 30.0 Å². The van der Waals surface area contributed by atoms with Crippen LogP contribution >= 0.6 is 0 Å². The lowest BCUT2D eigenvalue weighted by atomic mass is 9.95. The van der Waals surface area contributed by atoms with E-state index in [1.165, 1.54) is 35.1 Å². The Hall–Kier alpha value is -1.60. The molecule has 0 bridgehead atoms. The van der Waals surface area contributed by atoms with Crippen LogP contribution in [-0.2, 0) is 0 Å². The van der Waals surface area contributed by atoms with Gasteiger partial charge < -0.3 is 5.32 Å². The zero-order valence-corrected chi connectivity index (χ0v) is 10.8.